The molecule has 0 heterocycles. The Morgan fingerprint density at radius 3 is 1.12 bits per heavy atom. The highest BCUT2D eigenvalue weighted by atomic mass is 35.5. The summed E-state index contributed by atoms with van der Waals surface area (Å²) in [7, 11) is 0. The van der Waals surface area contributed by atoms with Crippen LogP contribution in [0.15, 0.2) is 24.3 Å². The minimum Gasteiger partial charge on any atom is -0.489 e. The van der Waals surface area contributed by atoms with E-state index in [1.165, 1.54) is 0 Å². The Morgan fingerprint density at radius 2 is 0.875 bits per heavy atom. The molecule has 0 amide bonds. The highest BCUT2D eigenvalue weighted by Crippen LogP contribution is 2.28. The van der Waals surface area contributed by atoms with E-state index in [-0.39, 0.29) is 0 Å². The number of halogens is 2. The number of rotatable bonds is 5. The lowest BCUT2D eigenvalue weighted by Crippen LogP contribution is -2.11. The summed E-state index contributed by atoms with van der Waals surface area (Å²) < 4.78 is 11.7. The second-order valence-electron chi connectivity index (χ2n) is 5.43. The van der Waals surface area contributed by atoms with Crippen molar-refractivity contribution >= 4 is 23.2 Å². The predicted molar refractivity (Wildman–Crippen MR) is 104 cm³/mol. The lowest BCUT2D eigenvalue weighted by Gasteiger charge is -2.15. The first-order valence-corrected chi connectivity index (χ1v) is 8.93. The van der Waals surface area contributed by atoms with Gasteiger partial charge in [-0.15, -0.1) is 0 Å². The monoisotopic (exact) mass is 368 g/mol. The zero-order valence-electron chi connectivity index (χ0n) is 15.3. The largest absolute Gasteiger partial charge is 0.489 e. The summed E-state index contributed by atoms with van der Waals surface area (Å²) in [6.45, 7) is 12.9. The Bertz CT molecular complexity index is 576. The van der Waals surface area contributed by atoms with Gasteiger partial charge in [-0.1, -0.05) is 37.0 Å². The molecule has 0 spiro atoms. The molecule has 2 rings (SSSR count). The third kappa shape index (κ3) is 5.61. The third-order valence-electron chi connectivity index (χ3n) is 3.43. The molecular weight excluding hydrogens is 343 g/mol. The van der Waals surface area contributed by atoms with Crippen LogP contribution in [0.3, 0.4) is 0 Å². The first kappa shape index (κ1) is 20.7. The van der Waals surface area contributed by atoms with Gasteiger partial charge in [0.25, 0.3) is 0 Å². The van der Waals surface area contributed by atoms with Gasteiger partial charge < -0.3 is 9.47 Å². The molecule has 0 aliphatic carbocycles. The molecule has 2 aromatic carbocycles. The second kappa shape index (κ2) is 9.80. The van der Waals surface area contributed by atoms with Crippen molar-refractivity contribution in [2.45, 2.75) is 41.5 Å². The van der Waals surface area contributed by atoms with Gasteiger partial charge in [-0.3, -0.25) is 0 Å². The molecule has 0 fully saturated rings. The number of ether oxygens (including phenoxy) is 2. The fraction of sp³-hybridized carbons (Fsp3) is 0.400. The van der Waals surface area contributed by atoms with Crippen LogP contribution < -0.4 is 9.47 Å². The summed E-state index contributed by atoms with van der Waals surface area (Å²) in [6, 6.07) is 7.60. The number of hydrogen-bond donors (Lipinski definition) is 0. The maximum atomic E-state index is 6.02. The van der Waals surface area contributed by atoms with E-state index in [1.54, 1.807) is 0 Å². The van der Waals surface area contributed by atoms with E-state index in [2.05, 4.69) is 0 Å². The van der Waals surface area contributed by atoms with E-state index in [1.807, 2.05) is 65.8 Å². The Labute approximate surface area is 155 Å². The van der Waals surface area contributed by atoms with Gasteiger partial charge in [0.15, 0.2) is 0 Å². The Morgan fingerprint density at radius 1 is 0.625 bits per heavy atom. The average molecular weight is 369 g/mol. The van der Waals surface area contributed by atoms with Gasteiger partial charge in [-0.05, 0) is 74.2 Å². The Balaban J connectivity index is 0.00000139. The zero-order valence-corrected chi connectivity index (χ0v) is 16.8. The van der Waals surface area contributed by atoms with Crippen LogP contribution in [0.5, 0.6) is 11.5 Å². The molecule has 0 atom stereocenters. The minimum absolute atomic E-state index is 0.477. The van der Waals surface area contributed by atoms with Gasteiger partial charge in [0.1, 0.15) is 24.7 Å². The maximum absolute atomic E-state index is 6.02. The molecule has 132 valence electrons. The summed E-state index contributed by atoms with van der Waals surface area (Å²) in [5, 5.41) is 1.46. The quantitative estimate of drug-likeness (QED) is 0.545. The van der Waals surface area contributed by atoms with Gasteiger partial charge in [0, 0.05) is 10.0 Å². The van der Waals surface area contributed by atoms with Crippen molar-refractivity contribution in [3.8, 4) is 11.5 Å². The summed E-state index contributed by atoms with van der Waals surface area (Å²) in [5.41, 5.74) is 4.13. The molecule has 2 aromatic rings. The molecule has 0 aromatic heterocycles. The summed E-state index contributed by atoms with van der Waals surface area (Å²) in [6.07, 6.45) is 0. The minimum atomic E-state index is 0.477. The summed E-state index contributed by atoms with van der Waals surface area (Å²) >= 11 is 12.0. The van der Waals surface area contributed by atoms with Crippen molar-refractivity contribution in [1.29, 1.82) is 0 Å². The maximum Gasteiger partial charge on any atom is 0.125 e. The van der Waals surface area contributed by atoms with Crippen molar-refractivity contribution in [2.24, 2.45) is 0 Å². The van der Waals surface area contributed by atoms with Gasteiger partial charge >= 0.3 is 0 Å². The lowest BCUT2D eigenvalue weighted by atomic mass is 10.1. The highest BCUT2D eigenvalue weighted by Gasteiger charge is 2.08. The van der Waals surface area contributed by atoms with E-state index in [0.29, 0.717) is 13.2 Å². The van der Waals surface area contributed by atoms with Crippen LogP contribution in [-0.4, -0.2) is 13.2 Å². The van der Waals surface area contributed by atoms with Crippen molar-refractivity contribution in [3.63, 3.8) is 0 Å². The van der Waals surface area contributed by atoms with Crippen LogP contribution in [0.1, 0.15) is 36.1 Å². The van der Waals surface area contributed by atoms with Crippen LogP contribution in [0.2, 0.25) is 10.0 Å². The van der Waals surface area contributed by atoms with E-state index >= 15 is 0 Å². The Hall–Kier alpha value is -1.38. The standard InChI is InChI=1S/C18H20Cl2O2.C2H6/c1-11-7-15(19)8-12(2)17(11)21-5-6-22-18-13(3)9-16(20)10-14(18)4;1-2/h7-10H,5-6H2,1-4H3;1-2H3. The van der Waals surface area contributed by atoms with E-state index in [0.717, 1.165) is 43.8 Å². The normalized spacial score (nSPS) is 10.0. The smallest absolute Gasteiger partial charge is 0.125 e. The molecule has 0 N–H and O–H groups in total. The third-order valence-corrected chi connectivity index (χ3v) is 3.86. The molecule has 0 bridgehead atoms. The number of hydrogen-bond acceptors (Lipinski definition) is 2. The van der Waals surface area contributed by atoms with E-state index in [4.69, 9.17) is 32.7 Å². The van der Waals surface area contributed by atoms with Crippen LogP contribution >= 0.6 is 23.2 Å². The molecule has 0 saturated heterocycles. The molecule has 0 saturated carbocycles. The zero-order chi connectivity index (χ0) is 18.3. The van der Waals surface area contributed by atoms with Gasteiger partial charge in [-0.2, -0.15) is 0 Å². The van der Waals surface area contributed by atoms with Gasteiger partial charge in [0.05, 0.1) is 0 Å². The summed E-state index contributed by atoms with van der Waals surface area (Å²) in [5.74, 6) is 1.75. The topological polar surface area (TPSA) is 18.5 Å². The van der Waals surface area contributed by atoms with Crippen LogP contribution in [0.4, 0.5) is 0 Å². The van der Waals surface area contributed by atoms with Crippen molar-refractivity contribution in [1.82, 2.24) is 0 Å². The first-order valence-electron chi connectivity index (χ1n) is 8.17. The molecule has 0 aliphatic heterocycles. The second-order valence-corrected chi connectivity index (χ2v) is 6.31. The summed E-state index contributed by atoms with van der Waals surface area (Å²) in [4.78, 5) is 0. The van der Waals surface area contributed by atoms with Crippen LogP contribution in [-0.2, 0) is 0 Å². The SMILES string of the molecule is CC.Cc1cc(Cl)cc(C)c1OCCOc1c(C)cc(Cl)cc1C. The fourth-order valence-electron chi connectivity index (χ4n) is 2.54. The first-order chi connectivity index (χ1) is 11.4. The molecule has 4 heteroatoms. The average Bonchev–Trinajstić information content (AvgIpc) is 2.49. The van der Waals surface area contributed by atoms with E-state index in [9.17, 15) is 0 Å². The molecule has 24 heavy (non-hydrogen) atoms. The van der Waals surface area contributed by atoms with Gasteiger partial charge in [-0.25, -0.2) is 0 Å². The highest BCUT2D eigenvalue weighted by molar-refractivity contribution is 6.31. The molecule has 0 radical (unpaired) electrons. The Kier molecular flexibility index (Phi) is 8.44. The molecular formula is C20H26Cl2O2. The van der Waals surface area contributed by atoms with Crippen molar-refractivity contribution in [2.75, 3.05) is 13.2 Å². The fourth-order valence-corrected chi connectivity index (χ4v) is 3.19. The predicted octanol–water partition coefficient (Wildman–Crippen LogP) is 6.71. The van der Waals surface area contributed by atoms with Crippen molar-refractivity contribution < 1.29 is 9.47 Å². The van der Waals surface area contributed by atoms with E-state index < -0.39 is 0 Å². The van der Waals surface area contributed by atoms with Crippen LogP contribution in [0, 0.1) is 27.7 Å². The lowest BCUT2D eigenvalue weighted by molar-refractivity contribution is 0.214. The molecule has 0 aliphatic rings. The number of benzene rings is 2. The van der Waals surface area contributed by atoms with Crippen LogP contribution in [0.25, 0.3) is 0 Å². The van der Waals surface area contributed by atoms with Crippen molar-refractivity contribution in [3.05, 3.63) is 56.6 Å². The molecule has 2 nitrogen and oxygen atoms in total. The number of aryl methyl sites for hydroxylation is 4. The van der Waals surface area contributed by atoms with Gasteiger partial charge in [0.2, 0.25) is 0 Å². The molecule has 0 unspecified atom stereocenters.